The molecule has 0 spiro atoms. The fourth-order valence-electron chi connectivity index (χ4n) is 5.73. The van der Waals surface area contributed by atoms with E-state index in [1.54, 1.807) is 0 Å². The molecule has 0 aromatic carbocycles. The molecule has 57 heavy (non-hydrogen) atoms. The second-order valence-corrected chi connectivity index (χ2v) is 17.4. The molecule has 0 saturated carbocycles. The van der Waals surface area contributed by atoms with Crippen LogP contribution in [-0.4, -0.2) is 70.7 Å². The molecule has 0 saturated heterocycles. The summed E-state index contributed by atoms with van der Waals surface area (Å²) in [5.74, 6) is -0.351. The topological polar surface area (TPSA) is 94.1 Å². The minimum absolute atomic E-state index is 0.0190. The van der Waals surface area contributed by atoms with Gasteiger partial charge >= 0.3 is 5.97 Å². The molecule has 0 aromatic rings. The molecule has 0 heterocycles. The van der Waals surface area contributed by atoms with E-state index in [1.807, 2.05) is 21.1 Å². The molecule has 9 heteroatoms. The van der Waals surface area contributed by atoms with Crippen molar-refractivity contribution in [2.45, 2.75) is 174 Å². The highest BCUT2D eigenvalue weighted by molar-refractivity contribution is 7.45. The van der Waals surface area contributed by atoms with E-state index in [9.17, 15) is 14.3 Å². The van der Waals surface area contributed by atoms with Crippen LogP contribution in [0, 0.1) is 0 Å². The number of quaternary nitrogens is 1. The van der Waals surface area contributed by atoms with Crippen LogP contribution < -0.4 is 4.89 Å². The zero-order valence-electron chi connectivity index (χ0n) is 37.3. The van der Waals surface area contributed by atoms with E-state index in [4.69, 9.17) is 18.5 Å². The van der Waals surface area contributed by atoms with Crippen molar-refractivity contribution in [3.8, 4) is 0 Å². The Hall–Kier alpha value is -2.06. The molecule has 8 nitrogen and oxygen atoms in total. The van der Waals surface area contributed by atoms with Gasteiger partial charge in [0.25, 0.3) is 7.82 Å². The summed E-state index contributed by atoms with van der Waals surface area (Å²) < 4.78 is 34.6. The van der Waals surface area contributed by atoms with Crippen molar-refractivity contribution >= 4 is 13.8 Å². The Morgan fingerprint density at radius 3 is 1.54 bits per heavy atom. The Balaban J connectivity index is 4.22. The third kappa shape index (κ3) is 44.9. The Morgan fingerprint density at radius 2 is 1.02 bits per heavy atom. The van der Waals surface area contributed by atoms with Crippen LogP contribution in [0.2, 0.25) is 0 Å². The van der Waals surface area contributed by atoms with Gasteiger partial charge in [-0.25, -0.2) is 0 Å². The fraction of sp³-hybridized carbons (Fsp3) is 0.729. The maximum atomic E-state index is 12.7. The average molecular weight is 820 g/mol. The van der Waals surface area contributed by atoms with Crippen LogP contribution in [-0.2, 0) is 27.9 Å². The first-order valence-electron chi connectivity index (χ1n) is 22.7. The lowest BCUT2D eigenvalue weighted by Gasteiger charge is -2.28. The van der Waals surface area contributed by atoms with E-state index in [1.165, 1.54) is 70.6 Å². The van der Waals surface area contributed by atoms with Gasteiger partial charge in [0, 0.05) is 13.0 Å². The van der Waals surface area contributed by atoms with Crippen LogP contribution in [0.5, 0.6) is 0 Å². The molecule has 0 aliphatic heterocycles. The lowest BCUT2D eigenvalue weighted by molar-refractivity contribution is -0.870. The third-order valence-corrected chi connectivity index (χ3v) is 10.2. The zero-order valence-corrected chi connectivity index (χ0v) is 38.2. The number of allylic oxidation sites excluding steroid dienone is 12. The number of carbonyl (C=O) groups excluding carboxylic acids is 1. The molecule has 0 fully saturated rings. The minimum atomic E-state index is -4.53. The van der Waals surface area contributed by atoms with E-state index in [0.29, 0.717) is 24.1 Å². The normalized spacial score (nSPS) is 14.4. The molecule has 0 aromatic heterocycles. The summed E-state index contributed by atoms with van der Waals surface area (Å²) in [5.41, 5.74) is 0. The van der Waals surface area contributed by atoms with Crippen molar-refractivity contribution in [3.05, 3.63) is 72.9 Å². The minimum Gasteiger partial charge on any atom is -0.756 e. The van der Waals surface area contributed by atoms with E-state index in [-0.39, 0.29) is 25.8 Å². The van der Waals surface area contributed by atoms with Crippen molar-refractivity contribution in [3.63, 3.8) is 0 Å². The first kappa shape index (κ1) is 54.9. The molecule has 0 rings (SSSR count). The van der Waals surface area contributed by atoms with Gasteiger partial charge in [-0.3, -0.25) is 9.36 Å². The molecule has 330 valence electrons. The largest absolute Gasteiger partial charge is 0.756 e. The molecule has 0 aliphatic carbocycles. The van der Waals surface area contributed by atoms with Gasteiger partial charge in [0.05, 0.1) is 34.4 Å². The summed E-state index contributed by atoms with van der Waals surface area (Å²) in [4.78, 5) is 25.1. The quantitative estimate of drug-likeness (QED) is 0.0199. The number of hydrogen-bond acceptors (Lipinski definition) is 7. The van der Waals surface area contributed by atoms with Crippen molar-refractivity contribution in [1.82, 2.24) is 0 Å². The van der Waals surface area contributed by atoms with Gasteiger partial charge < -0.3 is 27.9 Å². The van der Waals surface area contributed by atoms with E-state index in [2.05, 4.69) is 86.8 Å². The smallest absolute Gasteiger partial charge is 0.306 e. The summed E-state index contributed by atoms with van der Waals surface area (Å²) in [6.45, 7) is 5.22. The van der Waals surface area contributed by atoms with Crippen LogP contribution in [0.3, 0.4) is 0 Å². The number of likely N-dealkylation sites (N-methyl/N-ethyl adjacent to an activating group) is 1. The van der Waals surface area contributed by atoms with Gasteiger partial charge in [0.2, 0.25) is 0 Å². The lowest BCUT2D eigenvalue weighted by Crippen LogP contribution is -2.37. The molecule has 0 N–H and O–H groups in total. The summed E-state index contributed by atoms with van der Waals surface area (Å²) in [6.07, 6.45) is 52.0. The highest BCUT2D eigenvalue weighted by Gasteiger charge is 2.20. The van der Waals surface area contributed by atoms with Crippen molar-refractivity contribution in [2.24, 2.45) is 0 Å². The zero-order chi connectivity index (χ0) is 42.0. The second kappa shape index (κ2) is 40.7. The summed E-state index contributed by atoms with van der Waals surface area (Å²) in [5, 5.41) is 0. The fourth-order valence-corrected chi connectivity index (χ4v) is 6.46. The first-order chi connectivity index (χ1) is 27.6. The van der Waals surface area contributed by atoms with Crippen LogP contribution in [0.25, 0.3) is 0 Å². The number of unbranched alkanes of at least 4 members (excludes halogenated alkanes) is 15. The Kier molecular flexibility index (Phi) is 39.2. The monoisotopic (exact) mass is 820 g/mol. The molecule has 2 atom stereocenters. The average Bonchev–Trinajstić information content (AvgIpc) is 3.16. The van der Waals surface area contributed by atoms with Crippen molar-refractivity contribution in [1.29, 1.82) is 0 Å². The Morgan fingerprint density at radius 1 is 0.561 bits per heavy atom. The van der Waals surface area contributed by atoms with Gasteiger partial charge in [-0.2, -0.15) is 0 Å². The predicted molar refractivity (Wildman–Crippen MR) is 240 cm³/mol. The second-order valence-electron chi connectivity index (χ2n) is 16.0. The van der Waals surface area contributed by atoms with Crippen molar-refractivity contribution < 1.29 is 37.3 Å². The van der Waals surface area contributed by atoms with E-state index < -0.39 is 13.9 Å². The number of rotatable bonds is 41. The standard InChI is InChI=1S/C48H86NO7P/c1-6-8-10-12-14-16-18-20-21-22-23-24-25-26-27-28-29-30-31-33-35-37-39-41-48(50)56-47(46-55-57(51,52)54-44-42-49(3,4)5)45-53-43-40-38-36-34-32-19-17-15-13-11-9-7-2/h8,10,13-16,20-21,23-24,26-27,47H,6-7,9,11-12,17-19,22,25,28-46H2,1-5H3/b10-8-,15-13-,16-14-,21-20-,24-23-,27-26-. The molecule has 2 unspecified atom stereocenters. The Labute approximate surface area is 351 Å². The number of esters is 1. The molecule has 0 aliphatic rings. The number of nitrogens with zero attached hydrogens (tertiary/aromatic N) is 1. The third-order valence-electron chi connectivity index (χ3n) is 9.24. The Bertz CT molecular complexity index is 1140. The number of hydrogen-bond donors (Lipinski definition) is 0. The van der Waals surface area contributed by atoms with Gasteiger partial charge in [0.1, 0.15) is 19.3 Å². The lowest BCUT2D eigenvalue weighted by atomic mass is 10.1. The van der Waals surface area contributed by atoms with Gasteiger partial charge in [0.15, 0.2) is 0 Å². The van der Waals surface area contributed by atoms with Gasteiger partial charge in [-0.1, -0.05) is 157 Å². The molecule has 0 radical (unpaired) electrons. The molecule has 0 bridgehead atoms. The SMILES string of the molecule is CC/C=C\C/C=C\C/C=C\C/C=C\C/C=C\CCCCCCCCCC(=O)OC(COCCCCCCCC/C=C\CCCC)COP(=O)([O-])OCC[N+](C)(C)C. The maximum Gasteiger partial charge on any atom is 0.306 e. The summed E-state index contributed by atoms with van der Waals surface area (Å²) in [7, 11) is 1.33. The maximum absolute atomic E-state index is 12.7. The summed E-state index contributed by atoms with van der Waals surface area (Å²) >= 11 is 0. The highest BCUT2D eigenvalue weighted by Crippen LogP contribution is 2.38. The highest BCUT2D eigenvalue weighted by atomic mass is 31.2. The van der Waals surface area contributed by atoms with Gasteiger partial charge in [-0.05, 0) is 77.0 Å². The van der Waals surface area contributed by atoms with Crippen LogP contribution in [0.1, 0.15) is 168 Å². The number of carbonyl (C=O) groups is 1. The van der Waals surface area contributed by atoms with E-state index in [0.717, 1.165) is 77.0 Å². The van der Waals surface area contributed by atoms with Crippen LogP contribution in [0.15, 0.2) is 72.9 Å². The predicted octanol–water partition coefficient (Wildman–Crippen LogP) is 12.9. The van der Waals surface area contributed by atoms with Crippen LogP contribution in [0.4, 0.5) is 0 Å². The number of phosphoric acid groups is 1. The van der Waals surface area contributed by atoms with Crippen LogP contribution >= 0.6 is 7.82 Å². The number of phosphoric ester groups is 1. The van der Waals surface area contributed by atoms with Crippen molar-refractivity contribution in [2.75, 3.05) is 54.1 Å². The number of ether oxygens (including phenoxy) is 2. The molecule has 0 amide bonds. The molecular weight excluding hydrogens is 734 g/mol. The van der Waals surface area contributed by atoms with Gasteiger partial charge in [-0.15, -0.1) is 0 Å². The van der Waals surface area contributed by atoms with E-state index >= 15 is 0 Å². The summed E-state index contributed by atoms with van der Waals surface area (Å²) in [6, 6.07) is 0. The first-order valence-corrected chi connectivity index (χ1v) is 24.1. The molecular formula is C48H86NO7P.